The number of aliphatic imine (C=N–C) groups is 1. The van der Waals surface area contributed by atoms with Gasteiger partial charge < -0.3 is 15.4 Å². The minimum atomic E-state index is 0. The first-order valence-electron chi connectivity index (χ1n) is 8.23. The standard InChI is InChI=1S/C20H24N4O.HI/c1-15-4-5-16(12-19(15)25-3)10-11-23-20(22-2)24-14-18-8-6-17(13-21)7-9-18;/h4-9,12H,10-11,14H2,1-3H3,(H2,22,23,24);1H. The van der Waals surface area contributed by atoms with E-state index >= 15 is 0 Å². The summed E-state index contributed by atoms with van der Waals surface area (Å²) in [6.45, 7) is 3.47. The third-order valence-electron chi connectivity index (χ3n) is 3.95. The smallest absolute Gasteiger partial charge is 0.191 e. The topological polar surface area (TPSA) is 69.4 Å². The molecule has 2 aromatic carbocycles. The van der Waals surface area contributed by atoms with E-state index in [4.69, 9.17) is 10.00 Å². The van der Waals surface area contributed by atoms with Gasteiger partial charge in [0.05, 0.1) is 18.7 Å². The minimum Gasteiger partial charge on any atom is -0.496 e. The van der Waals surface area contributed by atoms with Crippen LogP contribution in [-0.2, 0) is 13.0 Å². The van der Waals surface area contributed by atoms with Gasteiger partial charge in [-0.15, -0.1) is 24.0 Å². The van der Waals surface area contributed by atoms with Crippen molar-refractivity contribution in [1.29, 1.82) is 5.26 Å². The van der Waals surface area contributed by atoms with Crippen molar-refractivity contribution in [3.05, 3.63) is 64.7 Å². The zero-order chi connectivity index (χ0) is 18.1. The lowest BCUT2D eigenvalue weighted by atomic mass is 10.1. The highest BCUT2D eigenvalue weighted by molar-refractivity contribution is 14.0. The number of hydrogen-bond acceptors (Lipinski definition) is 3. The number of nitriles is 1. The summed E-state index contributed by atoms with van der Waals surface area (Å²) in [7, 11) is 3.45. The Morgan fingerprint density at radius 1 is 1.12 bits per heavy atom. The third kappa shape index (κ3) is 6.56. The van der Waals surface area contributed by atoms with Crippen LogP contribution in [0.5, 0.6) is 5.75 Å². The molecular formula is C20H25IN4O. The van der Waals surface area contributed by atoms with Crippen LogP contribution in [0.15, 0.2) is 47.5 Å². The number of nitrogens with zero attached hydrogens (tertiary/aromatic N) is 2. The number of methoxy groups -OCH3 is 1. The molecule has 0 aliphatic rings. The lowest BCUT2D eigenvalue weighted by Gasteiger charge is -2.13. The number of halogens is 1. The molecule has 0 aliphatic heterocycles. The van der Waals surface area contributed by atoms with E-state index in [2.05, 4.69) is 39.9 Å². The van der Waals surface area contributed by atoms with Crippen molar-refractivity contribution in [2.24, 2.45) is 4.99 Å². The molecule has 5 nitrogen and oxygen atoms in total. The number of ether oxygens (including phenoxy) is 1. The van der Waals surface area contributed by atoms with Crippen LogP contribution in [0.25, 0.3) is 0 Å². The van der Waals surface area contributed by atoms with Gasteiger partial charge in [-0.1, -0.05) is 24.3 Å². The summed E-state index contributed by atoms with van der Waals surface area (Å²) in [4.78, 5) is 4.23. The molecule has 0 aromatic heterocycles. The summed E-state index contributed by atoms with van der Waals surface area (Å²) >= 11 is 0. The molecule has 26 heavy (non-hydrogen) atoms. The van der Waals surface area contributed by atoms with Gasteiger partial charge in [-0.3, -0.25) is 4.99 Å². The van der Waals surface area contributed by atoms with E-state index in [9.17, 15) is 0 Å². The molecular weight excluding hydrogens is 439 g/mol. The van der Waals surface area contributed by atoms with Crippen molar-refractivity contribution in [2.75, 3.05) is 20.7 Å². The average molecular weight is 464 g/mol. The van der Waals surface area contributed by atoms with E-state index in [1.54, 1.807) is 14.2 Å². The van der Waals surface area contributed by atoms with Crippen LogP contribution in [0.2, 0.25) is 0 Å². The van der Waals surface area contributed by atoms with Crippen LogP contribution in [-0.4, -0.2) is 26.7 Å². The maximum absolute atomic E-state index is 8.82. The lowest BCUT2D eigenvalue weighted by molar-refractivity contribution is 0.411. The molecule has 6 heteroatoms. The monoisotopic (exact) mass is 464 g/mol. The van der Waals surface area contributed by atoms with Crippen molar-refractivity contribution >= 4 is 29.9 Å². The van der Waals surface area contributed by atoms with Crippen LogP contribution in [0.3, 0.4) is 0 Å². The fourth-order valence-electron chi connectivity index (χ4n) is 2.45. The van der Waals surface area contributed by atoms with Crippen molar-refractivity contribution in [3.63, 3.8) is 0 Å². The Morgan fingerprint density at radius 2 is 1.81 bits per heavy atom. The number of rotatable bonds is 6. The van der Waals surface area contributed by atoms with Gasteiger partial charge in [0.2, 0.25) is 0 Å². The van der Waals surface area contributed by atoms with Crippen molar-refractivity contribution in [1.82, 2.24) is 10.6 Å². The molecule has 0 bridgehead atoms. The Labute approximate surface area is 172 Å². The van der Waals surface area contributed by atoms with E-state index in [0.717, 1.165) is 35.8 Å². The minimum absolute atomic E-state index is 0. The van der Waals surface area contributed by atoms with Gasteiger partial charge in [-0.25, -0.2) is 0 Å². The van der Waals surface area contributed by atoms with Gasteiger partial charge >= 0.3 is 0 Å². The predicted molar refractivity (Wildman–Crippen MR) is 116 cm³/mol. The molecule has 2 rings (SSSR count). The van der Waals surface area contributed by atoms with Crippen molar-refractivity contribution in [3.8, 4) is 11.8 Å². The van der Waals surface area contributed by atoms with Crippen molar-refractivity contribution in [2.45, 2.75) is 19.9 Å². The fraction of sp³-hybridized carbons (Fsp3) is 0.300. The zero-order valence-corrected chi connectivity index (χ0v) is 17.7. The fourth-order valence-corrected chi connectivity index (χ4v) is 2.45. The third-order valence-corrected chi connectivity index (χ3v) is 3.95. The molecule has 0 heterocycles. The van der Waals surface area contributed by atoms with Gasteiger partial charge in [-0.2, -0.15) is 5.26 Å². The summed E-state index contributed by atoms with van der Waals surface area (Å²) in [5, 5.41) is 15.4. The molecule has 0 radical (unpaired) electrons. The SMILES string of the molecule is CN=C(NCCc1ccc(C)c(OC)c1)NCc1ccc(C#N)cc1.I. The Bertz CT molecular complexity index is 766. The zero-order valence-electron chi connectivity index (χ0n) is 15.4. The molecule has 2 aromatic rings. The second kappa shape index (κ2) is 11.4. The number of aryl methyl sites for hydroxylation is 1. The first-order chi connectivity index (χ1) is 12.2. The van der Waals surface area contributed by atoms with E-state index in [0.29, 0.717) is 12.1 Å². The van der Waals surface area contributed by atoms with Gasteiger partial charge in [-0.05, 0) is 48.2 Å². The van der Waals surface area contributed by atoms with Gasteiger partial charge in [0.25, 0.3) is 0 Å². The molecule has 0 spiro atoms. The molecule has 0 saturated carbocycles. The summed E-state index contributed by atoms with van der Waals surface area (Å²) in [6, 6.07) is 15.9. The highest BCUT2D eigenvalue weighted by Crippen LogP contribution is 2.18. The maximum atomic E-state index is 8.82. The first-order valence-corrected chi connectivity index (χ1v) is 8.23. The van der Waals surface area contributed by atoms with Crippen LogP contribution >= 0.6 is 24.0 Å². The summed E-state index contributed by atoms with van der Waals surface area (Å²) in [6.07, 6.45) is 0.883. The molecule has 2 N–H and O–H groups in total. The first kappa shape index (κ1) is 21.8. The maximum Gasteiger partial charge on any atom is 0.191 e. The second-order valence-electron chi connectivity index (χ2n) is 5.72. The quantitative estimate of drug-likeness (QED) is 0.391. The number of nitrogens with one attached hydrogen (secondary N) is 2. The summed E-state index contributed by atoms with van der Waals surface area (Å²) in [5.74, 6) is 1.67. The molecule has 0 unspecified atom stereocenters. The largest absolute Gasteiger partial charge is 0.496 e. The number of guanidine groups is 1. The molecule has 0 fully saturated rings. The van der Waals surface area contributed by atoms with E-state index < -0.39 is 0 Å². The number of hydrogen-bond donors (Lipinski definition) is 2. The second-order valence-corrected chi connectivity index (χ2v) is 5.72. The van der Waals surface area contributed by atoms with E-state index in [1.807, 2.05) is 31.2 Å². The van der Waals surface area contributed by atoms with Crippen LogP contribution < -0.4 is 15.4 Å². The van der Waals surface area contributed by atoms with E-state index in [1.165, 1.54) is 5.56 Å². The molecule has 0 saturated heterocycles. The number of benzene rings is 2. The summed E-state index contributed by atoms with van der Waals surface area (Å²) in [5.41, 5.74) is 4.13. The average Bonchev–Trinajstić information content (AvgIpc) is 2.66. The molecule has 0 aliphatic carbocycles. The Morgan fingerprint density at radius 3 is 2.42 bits per heavy atom. The van der Waals surface area contributed by atoms with Crippen LogP contribution in [0, 0.1) is 18.3 Å². The van der Waals surface area contributed by atoms with Crippen LogP contribution in [0.1, 0.15) is 22.3 Å². The highest BCUT2D eigenvalue weighted by Gasteiger charge is 2.02. The molecule has 138 valence electrons. The summed E-state index contributed by atoms with van der Waals surface area (Å²) < 4.78 is 5.36. The van der Waals surface area contributed by atoms with E-state index in [-0.39, 0.29) is 24.0 Å². The van der Waals surface area contributed by atoms with Crippen LogP contribution in [0.4, 0.5) is 0 Å². The van der Waals surface area contributed by atoms with Gasteiger partial charge in [0.15, 0.2) is 5.96 Å². The predicted octanol–water partition coefficient (Wildman–Crippen LogP) is 3.40. The highest BCUT2D eigenvalue weighted by atomic mass is 127. The lowest BCUT2D eigenvalue weighted by Crippen LogP contribution is -2.37. The Hall–Kier alpha value is -2.27. The Kier molecular flexibility index (Phi) is 9.52. The van der Waals surface area contributed by atoms with Crippen molar-refractivity contribution < 1.29 is 4.74 Å². The molecule has 0 atom stereocenters. The normalized spacial score (nSPS) is 10.5. The van der Waals surface area contributed by atoms with Gasteiger partial charge in [0, 0.05) is 20.1 Å². The van der Waals surface area contributed by atoms with Gasteiger partial charge in [0.1, 0.15) is 5.75 Å². The molecule has 0 amide bonds. The Balaban J connectivity index is 0.00000338.